The molecule has 0 spiro atoms. The maximum absolute atomic E-state index is 10.8. The van der Waals surface area contributed by atoms with Gasteiger partial charge in [0.25, 0.3) is 0 Å². The summed E-state index contributed by atoms with van der Waals surface area (Å²) in [6, 6.07) is 0. The van der Waals surface area contributed by atoms with Crippen LogP contribution in [0.15, 0.2) is 0 Å². The molecule has 0 aromatic carbocycles. The standard InChI is InChI=1S/C9H13ClN2O/c1-4-7(5-13)9-8(10)6(2)11-12(9)3/h5,7H,4H2,1-3H3. The smallest absolute Gasteiger partial charge is 0.129 e. The van der Waals surface area contributed by atoms with Gasteiger partial charge in [0.05, 0.1) is 22.3 Å². The van der Waals surface area contributed by atoms with Crippen molar-refractivity contribution >= 4 is 17.9 Å². The van der Waals surface area contributed by atoms with Crippen LogP contribution >= 0.6 is 11.6 Å². The van der Waals surface area contributed by atoms with Crippen LogP contribution in [-0.2, 0) is 11.8 Å². The molecule has 0 amide bonds. The van der Waals surface area contributed by atoms with Crippen molar-refractivity contribution in [2.24, 2.45) is 7.05 Å². The monoisotopic (exact) mass is 200 g/mol. The fourth-order valence-electron chi connectivity index (χ4n) is 1.41. The molecule has 1 aromatic heterocycles. The number of hydrogen-bond donors (Lipinski definition) is 0. The molecule has 3 nitrogen and oxygen atoms in total. The number of carbonyl (C=O) groups is 1. The van der Waals surface area contributed by atoms with Gasteiger partial charge in [-0.25, -0.2) is 0 Å². The second kappa shape index (κ2) is 3.92. The van der Waals surface area contributed by atoms with Crippen LogP contribution in [0.1, 0.15) is 30.7 Å². The second-order valence-corrected chi connectivity index (χ2v) is 3.44. The Morgan fingerprint density at radius 1 is 1.69 bits per heavy atom. The average Bonchev–Trinajstić information content (AvgIpc) is 2.34. The molecule has 0 aliphatic rings. The van der Waals surface area contributed by atoms with E-state index in [1.165, 1.54) is 0 Å². The summed E-state index contributed by atoms with van der Waals surface area (Å²) in [6.45, 7) is 3.79. The molecule has 4 heteroatoms. The van der Waals surface area contributed by atoms with Crippen LogP contribution in [0.3, 0.4) is 0 Å². The van der Waals surface area contributed by atoms with Gasteiger partial charge >= 0.3 is 0 Å². The van der Waals surface area contributed by atoms with Gasteiger partial charge in [0.1, 0.15) is 6.29 Å². The molecule has 0 aliphatic carbocycles. The van der Waals surface area contributed by atoms with Crippen molar-refractivity contribution in [1.82, 2.24) is 9.78 Å². The summed E-state index contributed by atoms with van der Waals surface area (Å²) in [5.41, 5.74) is 1.59. The van der Waals surface area contributed by atoms with E-state index < -0.39 is 0 Å². The molecule has 72 valence electrons. The van der Waals surface area contributed by atoms with Crippen molar-refractivity contribution in [3.8, 4) is 0 Å². The molecular formula is C9H13ClN2O. The highest BCUT2D eigenvalue weighted by molar-refractivity contribution is 6.32. The van der Waals surface area contributed by atoms with Crippen molar-refractivity contribution < 1.29 is 4.79 Å². The summed E-state index contributed by atoms with van der Waals surface area (Å²) in [5.74, 6) is -0.140. The van der Waals surface area contributed by atoms with Gasteiger partial charge in [-0.2, -0.15) is 5.10 Å². The van der Waals surface area contributed by atoms with E-state index >= 15 is 0 Å². The predicted molar refractivity (Wildman–Crippen MR) is 52.1 cm³/mol. The molecule has 0 saturated heterocycles. The predicted octanol–water partition coefficient (Wildman–Crippen LogP) is 2.07. The molecule has 0 aliphatic heterocycles. The van der Waals surface area contributed by atoms with E-state index in [2.05, 4.69) is 5.10 Å². The van der Waals surface area contributed by atoms with E-state index in [-0.39, 0.29) is 5.92 Å². The zero-order valence-electron chi connectivity index (χ0n) is 8.04. The van der Waals surface area contributed by atoms with E-state index in [1.807, 2.05) is 13.8 Å². The number of nitrogens with zero attached hydrogens (tertiary/aromatic N) is 2. The molecule has 0 saturated carbocycles. The van der Waals surface area contributed by atoms with E-state index in [0.29, 0.717) is 5.02 Å². The Morgan fingerprint density at radius 2 is 2.31 bits per heavy atom. The Kier molecular flexibility index (Phi) is 3.09. The molecular weight excluding hydrogens is 188 g/mol. The Balaban J connectivity index is 3.18. The highest BCUT2D eigenvalue weighted by Crippen LogP contribution is 2.27. The number of aldehydes is 1. The minimum atomic E-state index is -0.140. The molecule has 1 aromatic rings. The van der Waals surface area contributed by atoms with Crippen molar-refractivity contribution in [2.45, 2.75) is 26.2 Å². The maximum atomic E-state index is 10.8. The molecule has 1 atom stereocenters. The fraction of sp³-hybridized carbons (Fsp3) is 0.556. The molecule has 1 unspecified atom stereocenters. The Hall–Kier alpha value is -0.830. The first kappa shape index (κ1) is 10.3. The van der Waals surface area contributed by atoms with Gasteiger partial charge in [-0.3, -0.25) is 4.68 Å². The van der Waals surface area contributed by atoms with Crippen molar-refractivity contribution in [1.29, 1.82) is 0 Å². The third-order valence-electron chi connectivity index (χ3n) is 2.15. The Bertz CT molecular complexity index is 320. The SMILES string of the molecule is CCC(C=O)c1c(Cl)c(C)nn1C. The van der Waals surface area contributed by atoms with E-state index in [4.69, 9.17) is 11.6 Å². The summed E-state index contributed by atoms with van der Waals surface area (Å²) in [5, 5.41) is 4.77. The normalized spacial score (nSPS) is 12.9. The lowest BCUT2D eigenvalue weighted by Gasteiger charge is -2.07. The number of rotatable bonds is 3. The van der Waals surface area contributed by atoms with Crippen molar-refractivity contribution in [2.75, 3.05) is 0 Å². The lowest BCUT2D eigenvalue weighted by molar-refractivity contribution is -0.109. The molecule has 0 fully saturated rings. The van der Waals surface area contributed by atoms with Gasteiger partial charge in [0, 0.05) is 7.05 Å². The molecule has 0 radical (unpaired) electrons. The van der Waals surface area contributed by atoms with Crippen molar-refractivity contribution in [3.05, 3.63) is 16.4 Å². The number of carbonyl (C=O) groups excluding carboxylic acids is 1. The Morgan fingerprint density at radius 3 is 2.62 bits per heavy atom. The van der Waals surface area contributed by atoms with Gasteiger partial charge in [-0.05, 0) is 13.3 Å². The average molecular weight is 201 g/mol. The van der Waals surface area contributed by atoms with Crippen LogP contribution in [0, 0.1) is 6.92 Å². The third kappa shape index (κ3) is 1.75. The summed E-state index contributed by atoms with van der Waals surface area (Å²) >= 11 is 6.02. The van der Waals surface area contributed by atoms with E-state index in [9.17, 15) is 4.79 Å². The lowest BCUT2D eigenvalue weighted by atomic mass is 10.0. The van der Waals surface area contributed by atoms with E-state index in [1.54, 1.807) is 11.7 Å². The summed E-state index contributed by atoms with van der Waals surface area (Å²) in [7, 11) is 1.81. The quantitative estimate of drug-likeness (QED) is 0.701. The first-order valence-corrected chi connectivity index (χ1v) is 4.63. The van der Waals surface area contributed by atoms with Crippen LogP contribution in [0.4, 0.5) is 0 Å². The second-order valence-electron chi connectivity index (χ2n) is 3.06. The molecule has 0 N–H and O–H groups in total. The number of hydrogen-bond acceptors (Lipinski definition) is 2. The highest BCUT2D eigenvalue weighted by atomic mass is 35.5. The maximum Gasteiger partial charge on any atom is 0.129 e. The molecule has 1 rings (SSSR count). The van der Waals surface area contributed by atoms with Crippen molar-refractivity contribution in [3.63, 3.8) is 0 Å². The van der Waals surface area contributed by atoms with Crippen LogP contribution < -0.4 is 0 Å². The molecule has 1 heterocycles. The van der Waals surface area contributed by atoms with Crippen LogP contribution in [0.25, 0.3) is 0 Å². The largest absolute Gasteiger partial charge is 0.303 e. The lowest BCUT2D eigenvalue weighted by Crippen LogP contribution is -2.06. The minimum absolute atomic E-state index is 0.140. The zero-order valence-corrected chi connectivity index (χ0v) is 8.80. The zero-order chi connectivity index (χ0) is 10.0. The first-order valence-electron chi connectivity index (χ1n) is 4.26. The first-order chi connectivity index (χ1) is 6.11. The van der Waals surface area contributed by atoms with Gasteiger partial charge in [-0.15, -0.1) is 0 Å². The summed E-state index contributed by atoms with van der Waals surface area (Å²) < 4.78 is 1.68. The topological polar surface area (TPSA) is 34.9 Å². The Labute approximate surface area is 82.7 Å². The summed E-state index contributed by atoms with van der Waals surface area (Å²) in [6.07, 6.45) is 1.67. The number of halogens is 1. The number of aryl methyl sites for hydroxylation is 2. The minimum Gasteiger partial charge on any atom is -0.303 e. The molecule has 0 bridgehead atoms. The number of aromatic nitrogens is 2. The highest BCUT2D eigenvalue weighted by Gasteiger charge is 2.18. The molecule has 13 heavy (non-hydrogen) atoms. The summed E-state index contributed by atoms with van der Waals surface area (Å²) in [4.78, 5) is 10.8. The van der Waals surface area contributed by atoms with Gasteiger partial charge in [-0.1, -0.05) is 18.5 Å². The fourth-order valence-corrected chi connectivity index (χ4v) is 1.71. The third-order valence-corrected chi connectivity index (χ3v) is 2.61. The van der Waals surface area contributed by atoms with E-state index in [0.717, 1.165) is 24.1 Å². The van der Waals surface area contributed by atoms with Gasteiger partial charge < -0.3 is 4.79 Å². The van der Waals surface area contributed by atoms with Crippen LogP contribution in [0.5, 0.6) is 0 Å². The van der Waals surface area contributed by atoms with Crippen LogP contribution in [0.2, 0.25) is 5.02 Å². The van der Waals surface area contributed by atoms with Crippen LogP contribution in [-0.4, -0.2) is 16.1 Å². The van der Waals surface area contributed by atoms with Gasteiger partial charge in [0.2, 0.25) is 0 Å². The van der Waals surface area contributed by atoms with Gasteiger partial charge in [0.15, 0.2) is 0 Å².